The molecule has 4 heteroatoms. The number of halogens is 1. The Kier molecular flexibility index (Phi) is 4.04. The number of methoxy groups -OCH3 is 1. The standard InChI is InChI=1S/C12H16ClNO2/c1-15-11-2-3-12(13)10(8-11)9-14-4-6-16-7-5-14/h2-3,8H,4-7,9H2,1H3. The molecule has 0 amide bonds. The van der Waals surface area contributed by atoms with Crippen molar-refractivity contribution in [3.63, 3.8) is 0 Å². The lowest BCUT2D eigenvalue weighted by Crippen LogP contribution is -2.35. The Labute approximate surface area is 101 Å². The van der Waals surface area contributed by atoms with Gasteiger partial charge in [0, 0.05) is 24.7 Å². The summed E-state index contributed by atoms with van der Waals surface area (Å²) in [4.78, 5) is 2.34. The maximum absolute atomic E-state index is 6.16. The van der Waals surface area contributed by atoms with Crippen molar-refractivity contribution < 1.29 is 9.47 Å². The fraction of sp³-hybridized carbons (Fsp3) is 0.500. The number of ether oxygens (including phenoxy) is 2. The summed E-state index contributed by atoms with van der Waals surface area (Å²) in [5, 5.41) is 0.798. The highest BCUT2D eigenvalue weighted by Gasteiger charge is 2.12. The van der Waals surface area contributed by atoms with Gasteiger partial charge in [0.05, 0.1) is 20.3 Å². The summed E-state index contributed by atoms with van der Waals surface area (Å²) >= 11 is 6.16. The number of morpholine rings is 1. The van der Waals surface area contributed by atoms with Gasteiger partial charge in [0.1, 0.15) is 5.75 Å². The summed E-state index contributed by atoms with van der Waals surface area (Å²) in [5.74, 6) is 0.854. The molecule has 0 aromatic heterocycles. The summed E-state index contributed by atoms with van der Waals surface area (Å²) in [7, 11) is 1.67. The van der Waals surface area contributed by atoms with E-state index in [-0.39, 0.29) is 0 Å². The van der Waals surface area contributed by atoms with E-state index in [0.717, 1.165) is 49.2 Å². The van der Waals surface area contributed by atoms with Crippen LogP contribution in [0.1, 0.15) is 5.56 Å². The van der Waals surface area contributed by atoms with Crippen LogP contribution in [0.5, 0.6) is 5.75 Å². The molecule has 0 saturated carbocycles. The van der Waals surface area contributed by atoms with Crippen LogP contribution in [-0.4, -0.2) is 38.3 Å². The predicted molar refractivity (Wildman–Crippen MR) is 64.1 cm³/mol. The number of hydrogen-bond donors (Lipinski definition) is 0. The van der Waals surface area contributed by atoms with Crippen molar-refractivity contribution in [3.8, 4) is 5.75 Å². The lowest BCUT2D eigenvalue weighted by atomic mass is 10.2. The van der Waals surface area contributed by atoms with Gasteiger partial charge in [0.15, 0.2) is 0 Å². The SMILES string of the molecule is COc1ccc(Cl)c(CN2CCOCC2)c1. The van der Waals surface area contributed by atoms with E-state index in [1.54, 1.807) is 7.11 Å². The van der Waals surface area contributed by atoms with Crippen LogP contribution >= 0.6 is 11.6 Å². The third-order valence-corrected chi connectivity index (χ3v) is 3.12. The second kappa shape index (κ2) is 5.53. The minimum absolute atomic E-state index is 0.798. The molecule has 0 spiro atoms. The molecule has 1 aliphatic rings. The Bertz CT molecular complexity index is 351. The first-order chi connectivity index (χ1) is 7.79. The van der Waals surface area contributed by atoms with Crippen LogP contribution in [-0.2, 0) is 11.3 Å². The molecule has 16 heavy (non-hydrogen) atoms. The maximum Gasteiger partial charge on any atom is 0.119 e. The van der Waals surface area contributed by atoms with E-state index in [0.29, 0.717) is 0 Å². The molecule has 0 radical (unpaired) electrons. The topological polar surface area (TPSA) is 21.7 Å². The van der Waals surface area contributed by atoms with Gasteiger partial charge in [-0.3, -0.25) is 4.90 Å². The van der Waals surface area contributed by atoms with Gasteiger partial charge < -0.3 is 9.47 Å². The summed E-state index contributed by atoms with van der Waals surface area (Å²) in [6.45, 7) is 4.41. The molecule has 1 heterocycles. The van der Waals surface area contributed by atoms with Gasteiger partial charge in [0.2, 0.25) is 0 Å². The molecule has 88 valence electrons. The molecular formula is C12H16ClNO2. The molecule has 0 atom stereocenters. The minimum atomic E-state index is 0.798. The average molecular weight is 242 g/mol. The number of benzene rings is 1. The molecule has 0 unspecified atom stereocenters. The zero-order valence-electron chi connectivity index (χ0n) is 9.41. The fourth-order valence-electron chi connectivity index (χ4n) is 1.80. The zero-order valence-corrected chi connectivity index (χ0v) is 10.2. The molecule has 0 aliphatic carbocycles. The number of hydrogen-bond acceptors (Lipinski definition) is 3. The summed E-state index contributed by atoms with van der Waals surface area (Å²) in [6.07, 6.45) is 0. The Morgan fingerprint density at radius 2 is 2.12 bits per heavy atom. The summed E-state index contributed by atoms with van der Waals surface area (Å²) < 4.78 is 10.5. The molecule has 0 bridgehead atoms. The van der Waals surface area contributed by atoms with Crippen LogP contribution in [0, 0.1) is 0 Å². The van der Waals surface area contributed by atoms with Crippen LogP contribution in [0.2, 0.25) is 5.02 Å². The molecular weight excluding hydrogens is 226 g/mol. The molecule has 2 rings (SSSR count). The van der Waals surface area contributed by atoms with Gasteiger partial charge in [-0.05, 0) is 23.8 Å². The number of rotatable bonds is 3. The van der Waals surface area contributed by atoms with E-state index in [9.17, 15) is 0 Å². The second-order valence-corrected chi connectivity index (χ2v) is 4.25. The van der Waals surface area contributed by atoms with Crippen molar-refractivity contribution in [1.29, 1.82) is 0 Å². The fourth-order valence-corrected chi connectivity index (χ4v) is 1.98. The summed E-state index contributed by atoms with van der Waals surface area (Å²) in [5.41, 5.74) is 1.11. The Hall–Kier alpha value is -0.770. The monoisotopic (exact) mass is 241 g/mol. The van der Waals surface area contributed by atoms with E-state index in [4.69, 9.17) is 21.1 Å². The smallest absolute Gasteiger partial charge is 0.119 e. The Morgan fingerprint density at radius 3 is 2.81 bits per heavy atom. The second-order valence-electron chi connectivity index (χ2n) is 3.85. The highest BCUT2D eigenvalue weighted by molar-refractivity contribution is 6.31. The zero-order chi connectivity index (χ0) is 11.4. The normalized spacial score (nSPS) is 17.4. The van der Waals surface area contributed by atoms with Crippen molar-refractivity contribution in [2.24, 2.45) is 0 Å². The van der Waals surface area contributed by atoms with Crippen LogP contribution in [0.3, 0.4) is 0 Å². The Morgan fingerprint density at radius 1 is 1.38 bits per heavy atom. The first-order valence-corrected chi connectivity index (χ1v) is 5.80. The lowest BCUT2D eigenvalue weighted by Gasteiger charge is -2.27. The van der Waals surface area contributed by atoms with Gasteiger partial charge in [-0.2, -0.15) is 0 Å². The van der Waals surface area contributed by atoms with E-state index >= 15 is 0 Å². The van der Waals surface area contributed by atoms with Gasteiger partial charge in [-0.1, -0.05) is 11.6 Å². The summed E-state index contributed by atoms with van der Waals surface area (Å²) in [6, 6.07) is 5.76. The van der Waals surface area contributed by atoms with Crippen LogP contribution in [0.15, 0.2) is 18.2 Å². The molecule has 3 nitrogen and oxygen atoms in total. The molecule has 0 N–H and O–H groups in total. The maximum atomic E-state index is 6.16. The first kappa shape index (κ1) is 11.7. The molecule has 1 aliphatic heterocycles. The van der Waals surface area contributed by atoms with Gasteiger partial charge in [-0.15, -0.1) is 0 Å². The Balaban J connectivity index is 2.06. The first-order valence-electron chi connectivity index (χ1n) is 5.42. The third kappa shape index (κ3) is 2.88. The van der Waals surface area contributed by atoms with Crippen molar-refractivity contribution in [3.05, 3.63) is 28.8 Å². The van der Waals surface area contributed by atoms with Gasteiger partial charge in [-0.25, -0.2) is 0 Å². The van der Waals surface area contributed by atoms with Crippen LogP contribution in [0.25, 0.3) is 0 Å². The highest BCUT2D eigenvalue weighted by atomic mass is 35.5. The van der Waals surface area contributed by atoms with Crippen LogP contribution in [0.4, 0.5) is 0 Å². The van der Waals surface area contributed by atoms with E-state index < -0.39 is 0 Å². The van der Waals surface area contributed by atoms with Crippen molar-refractivity contribution in [1.82, 2.24) is 4.90 Å². The van der Waals surface area contributed by atoms with Crippen LogP contribution < -0.4 is 4.74 Å². The van der Waals surface area contributed by atoms with Gasteiger partial charge in [0.25, 0.3) is 0 Å². The molecule has 1 saturated heterocycles. The van der Waals surface area contributed by atoms with Crippen molar-refractivity contribution >= 4 is 11.6 Å². The minimum Gasteiger partial charge on any atom is -0.497 e. The molecule has 1 fully saturated rings. The quantitative estimate of drug-likeness (QED) is 0.810. The van der Waals surface area contributed by atoms with E-state index in [2.05, 4.69) is 4.90 Å². The predicted octanol–water partition coefficient (Wildman–Crippen LogP) is 2.18. The highest BCUT2D eigenvalue weighted by Crippen LogP contribution is 2.23. The average Bonchev–Trinajstić information content (AvgIpc) is 2.33. The van der Waals surface area contributed by atoms with Crippen molar-refractivity contribution in [2.45, 2.75) is 6.54 Å². The third-order valence-electron chi connectivity index (χ3n) is 2.75. The molecule has 1 aromatic rings. The van der Waals surface area contributed by atoms with Gasteiger partial charge >= 0.3 is 0 Å². The van der Waals surface area contributed by atoms with E-state index in [1.807, 2.05) is 18.2 Å². The van der Waals surface area contributed by atoms with E-state index in [1.165, 1.54) is 0 Å². The molecule has 1 aromatic carbocycles. The number of nitrogens with zero attached hydrogens (tertiary/aromatic N) is 1. The van der Waals surface area contributed by atoms with Crippen molar-refractivity contribution in [2.75, 3.05) is 33.4 Å². The largest absolute Gasteiger partial charge is 0.497 e. The lowest BCUT2D eigenvalue weighted by molar-refractivity contribution is 0.0342.